The van der Waals surface area contributed by atoms with Crippen molar-refractivity contribution in [1.82, 2.24) is 19.9 Å². The lowest BCUT2D eigenvalue weighted by Gasteiger charge is -2.01. The highest BCUT2D eigenvalue weighted by molar-refractivity contribution is 5.90. The standard InChI is InChI=1S/C9H11N5O/c1-10-6-8(15)11-9-13-12-7-4-2-3-5-14(7)9/h2-5,10H,6H2,1H3,(H,11,13,15). The summed E-state index contributed by atoms with van der Waals surface area (Å²) in [5.41, 5.74) is 0.706. The summed E-state index contributed by atoms with van der Waals surface area (Å²) in [6, 6.07) is 5.54. The lowest BCUT2D eigenvalue weighted by molar-refractivity contribution is -0.115. The van der Waals surface area contributed by atoms with E-state index in [1.165, 1.54) is 0 Å². The van der Waals surface area contributed by atoms with Crippen LogP contribution in [0.3, 0.4) is 0 Å². The monoisotopic (exact) mass is 205 g/mol. The fourth-order valence-electron chi connectivity index (χ4n) is 1.26. The number of fused-ring (bicyclic) bond motifs is 1. The Morgan fingerprint density at radius 1 is 1.47 bits per heavy atom. The van der Waals surface area contributed by atoms with Crippen molar-refractivity contribution in [2.45, 2.75) is 0 Å². The van der Waals surface area contributed by atoms with Gasteiger partial charge in [0.05, 0.1) is 6.54 Å². The molecule has 0 atom stereocenters. The second kappa shape index (κ2) is 4.05. The number of amides is 1. The first-order valence-corrected chi connectivity index (χ1v) is 4.55. The predicted molar refractivity (Wildman–Crippen MR) is 55.5 cm³/mol. The third kappa shape index (κ3) is 1.94. The van der Waals surface area contributed by atoms with Gasteiger partial charge in [-0.3, -0.25) is 14.5 Å². The summed E-state index contributed by atoms with van der Waals surface area (Å²) in [4.78, 5) is 11.3. The summed E-state index contributed by atoms with van der Waals surface area (Å²) in [5.74, 6) is 0.293. The lowest BCUT2D eigenvalue weighted by Crippen LogP contribution is -2.25. The number of carbonyl (C=O) groups is 1. The van der Waals surface area contributed by atoms with Gasteiger partial charge in [-0.05, 0) is 19.2 Å². The van der Waals surface area contributed by atoms with Crippen LogP contribution < -0.4 is 10.6 Å². The molecule has 0 aromatic carbocycles. The summed E-state index contributed by atoms with van der Waals surface area (Å²) in [5, 5.41) is 13.2. The second-order valence-electron chi connectivity index (χ2n) is 3.03. The van der Waals surface area contributed by atoms with Crippen molar-refractivity contribution in [1.29, 1.82) is 0 Å². The number of rotatable bonds is 3. The van der Waals surface area contributed by atoms with Gasteiger partial charge >= 0.3 is 0 Å². The van der Waals surface area contributed by atoms with Crippen LogP contribution in [0.15, 0.2) is 24.4 Å². The molecule has 2 rings (SSSR count). The maximum absolute atomic E-state index is 11.3. The summed E-state index contributed by atoms with van der Waals surface area (Å²) in [6.45, 7) is 0.252. The number of carbonyl (C=O) groups excluding carboxylic acids is 1. The van der Waals surface area contributed by atoms with Gasteiger partial charge in [-0.25, -0.2) is 0 Å². The quantitative estimate of drug-likeness (QED) is 0.733. The topological polar surface area (TPSA) is 71.3 Å². The Morgan fingerprint density at radius 2 is 2.33 bits per heavy atom. The van der Waals surface area contributed by atoms with E-state index in [1.807, 2.05) is 18.2 Å². The number of nitrogens with zero attached hydrogens (tertiary/aromatic N) is 3. The van der Waals surface area contributed by atoms with Crippen molar-refractivity contribution in [3.05, 3.63) is 24.4 Å². The number of aromatic nitrogens is 3. The molecule has 0 bridgehead atoms. The zero-order valence-electron chi connectivity index (χ0n) is 8.27. The van der Waals surface area contributed by atoms with E-state index in [0.29, 0.717) is 11.6 Å². The maximum Gasteiger partial charge on any atom is 0.240 e. The summed E-state index contributed by atoms with van der Waals surface area (Å²) in [6.07, 6.45) is 1.80. The number of nitrogens with one attached hydrogen (secondary N) is 2. The molecule has 6 nitrogen and oxygen atoms in total. The highest BCUT2D eigenvalue weighted by atomic mass is 16.2. The van der Waals surface area contributed by atoms with Gasteiger partial charge in [0, 0.05) is 6.20 Å². The average Bonchev–Trinajstić information content (AvgIpc) is 2.62. The summed E-state index contributed by atoms with van der Waals surface area (Å²) >= 11 is 0. The third-order valence-electron chi connectivity index (χ3n) is 1.90. The van der Waals surface area contributed by atoms with Crippen molar-refractivity contribution < 1.29 is 4.79 Å². The van der Waals surface area contributed by atoms with E-state index in [-0.39, 0.29) is 12.5 Å². The Labute approximate surface area is 86.3 Å². The Morgan fingerprint density at radius 3 is 3.13 bits per heavy atom. The molecule has 2 N–H and O–H groups in total. The number of likely N-dealkylation sites (N-methyl/N-ethyl adjacent to an activating group) is 1. The Bertz CT molecular complexity index is 478. The molecule has 0 radical (unpaired) electrons. The zero-order chi connectivity index (χ0) is 10.7. The van der Waals surface area contributed by atoms with Crippen LogP contribution in [-0.4, -0.2) is 34.1 Å². The summed E-state index contributed by atoms with van der Waals surface area (Å²) < 4.78 is 1.72. The molecule has 6 heteroatoms. The van der Waals surface area contributed by atoms with Gasteiger partial charge in [0.25, 0.3) is 0 Å². The molecule has 2 heterocycles. The van der Waals surface area contributed by atoms with E-state index in [0.717, 1.165) is 0 Å². The first kappa shape index (κ1) is 9.60. The molecule has 15 heavy (non-hydrogen) atoms. The van der Waals surface area contributed by atoms with E-state index >= 15 is 0 Å². The van der Waals surface area contributed by atoms with Crippen LogP contribution in [0.25, 0.3) is 5.65 Å². The molecule has 0 fully saturated rings. The molecule has 0 unspecified atom stereocenters. The highest BCUT2D eigenvalue weighted by Gasteiger charge is 2.07. The minimum atomic E-state index is -0.143. The Hall–Kier alpha value is -1.95. The molecule has 2 aromatic rings. The molecule has 0 aliphatic rings. The van der Waals surface area contributed by atoms with Crippen LogP contribution in [0.1, 0.15) is 0 Å². The average molecular weight is 205 g/mol. The van der Waals surface area contributed by atoms with E-state index < -0.39 is 0 Å². The van der Waals surface area contributed by atoms with Gasteiger partial charge in [0.15, 0.2) is 5.65 Å². The van der Waals surface area contributed by atoms with Gasteiger partial charge in [-0.15, -0.1) is 10.2 Å². The van der Waals surface area contributed by atoms with Gasteiger partial charge in [0.2, 0.25) is 11.9 Å². The van der Waals surface area contributed by atoms with E-state index in [2.05, 4.69) is 20.8 Å². The van der Waals surface area contributed by atoms with Crippen LogP contribution in [0.4, 0.5) is 5.95 Å². The van der Waals surface area contributed by atoms with E-state index in [9.17, 15) is 4.79 Å². The maximum atomic E-state index is 11.3. The molecular formula is C9H11N5O. The van der Waals surface area contributed by atoms with Crippen molar-refractivity contribution in [2.75, 3.05) is 18.9 Å². The van der Waals surface area contributed by atoms with Crippen LogP contribution in [-0.2, 0) is 4.79 Å². The first-order chi connectivity index (χ1) is 7.31. The molecule has 0 saturated carbocycles. The fourth-order valence-corrected chi connectivity index (χ4v) is 1.26. The minimum absolute atomic E-state index is 0.143. The van der Waals surface area contributed by atoms with Crippen molar-refractivity contribution >= 4 is 17.5 Å². The molecule has 0 saturated heterocycles. The van der Waals surface area contributed by atoms with Gasteiger partial charge in [-0.1, -0.05) is 6.07 Å². The van der Waals surface area contributed by atoms with Crippen LogP contribution in [0.5, 0.6) is 0 Å². The molecule has 0 spiro atoms. The predicted octanol–water partition coefficient (Wildman–Crippen LogP) is -0.113. The molecule has 0 aliphatic carbocycles. The van der Waals surface area contributed by atoms with Crippen LogP contribution >= 0.6 is 0 Å². The smallest absolute Gasteiger partial charge is 0.240 e. The van der Waals surface area contributed by atoms with Crippen molar-refractivity contribution in [3.8, 4) is 0 Å². The Kier molecular flexibility index (Phi) is 2.59. The largest absolute Gasteiger partial charge is 0.311 e. The Balaban J connectivity index is 2.25. The number of anilines is 1. The first-order valence-electron chi connectivity index (χ1n) is 4.55. The summed E-state index contributed by atoms with van der Waals surface area (Å²) in [7, 11) is 1.71. The second-order valence-corrected chi connectivity index (χ2v) is 3.03. The SMILES string of the molecule is CNCC(=O)Nc1nnc2ccccn12. The number of hydrogen-bond donors (Lipinski definition) is 2. The molecule has 78 valence electrons. The number of hydrogen-bond acceptors (Lipinski definition) is 4. The zero-order valence-corrected chi connectivity index (χ0v) is 8.27. The van der Waals surface area contributed by atoms with Gasteiger partial charge in [-0.2, -0.15) is 0 Å². The number of pyridine rings is 1. The minimum Gasteiger partial charge on any atom is -0.311 e. The van der Waals surface area contributed by atoms with Crippen molar-refractivity contribution in [2.24, 2.45) is 0 Å². The third-order valence-corrected chi connectivity index (χ3v) is 1.90. The van der Waals surface area contributed by atoms with Crippen LogP contribution in [0, 0.1) is 0 Å². The molecule has 0 aliphatic heterocycles. The fraction of sp³-hybridized carbons (Fsp3) is 0.222. The lowest BCUT2D eigenvalue weighted by atomic mass is 10.5. The van der Waals surface area contributed by atoms with Gasteiger partial charge in [0.1, 0.15) is 0 Å². The highest BCUT2D eigenvalue weighted by Crippen LogP contribution is 2.06. The molecule has 2 aromatic heterocycles. The van der Waals surface area contributed by atoms with Crippen molar-refractivity contribution in [3.63, 3.8) is 0 Å². The van der Waals surface area contributed by atoms with E-state index in [1.54, 1.807) is 17.6 Å². The molecule has 1 amide bonds. The van der Waals surface area contributed by atoms with Crippen LogP contribution in [0.2, 0.25) is 0 Å². The van der Waals surface area contributed by atoms with Gasteiger partial charge < -0.3 is 5.32 Å². The molecular weight excluding hydrogens is 194 g/mol. The normalized spacial score (nSPS) is 10.5. The van der Waals surface area contributed by atoms with E-state index in [4.69, 9.17) is 0 Å².